The van der Waals surface area contributed by atoms with Gasteiger partial charge in [-0.2, -0.15) is 0 Å². The Kier molecular flexibility index (Phi) is 4.42. The third-order valence-corrected chi connectivity index (χ3v) is 6.15. The van der Waals surface area contributed by atoms with Gasteiger partial charge in [-0.05, 0) is 55.1 Å². The fourth-order valence-electron chi connectivity index (χ4n) is 4.18. The van der Waals surface area contributed by atoms with Crippen LogP contribution in [0.2, 0.25) is 0 Å². The van der Waals surface area contributed by atoms with E-state index in [-0.39, 0.29) is 0 Å². The van der Waals surface area contributed by atoms with Crippen LogP contribution < -0.4 is 4.90 Å². The highest BCUT2D eigenvalue weighted by molar-refractivity contribution is 5.77. The summed E-state index contributed by atoms with van der Waals surface area (Å²) in [6.45, 7) is 11.0. The van der Waals surface area contributed by atoms with Gasteiger partial charge < -0.3 is 4.90 Å². The predicted molar refractivity (Wildman–Crippen MR) is 103 cm³/mol. The molecule has 4 rings (SSSR count). The average Bonchev–Trinajstić information content (AvgIpc) is 3.40. The molecule has 2 nitrogen and oxygen atoms in total. The highest BCUT2D eigenvalue weighted by atomic mass is 15.3. The number of benzene rings is 1. The Morgan fingerprint density at radius 2 is 1.79 bits per heavy atom. The van der Waals surface area contributed by atoms with E-state index >= 15 is 0 Å². The zero-order valence-electron chi connectivity index (χ0n) is 15.4. The quantitative estimate of drug-likeness (QED) is 0.784. The summed E-state index contributed by atoms with van der Waals surface area (Å²) in [5.41, 5.74) is 5.01. The van der Waals surface area contributed by atoms with Crippen LogP contribution in [0.1, 0.15) is 51.5 Å². The van der Waals surface area contributed by atoms with E-state index in [2.05, 4.69) is 54.0 Å². The van der Waals surface area contributed by atoms with Gasteiger partial charge in [-0.15, -0.1) is 0 Å². The minimum Gasteiger partial charge on any atom is -0.368 e. The molecule has 1 heterocycles. The van der Waals surface area contributed by atoms with Crippen LogP contribution in [0.5, 0.6) is 0 Å². The predicted octanol–water partition coefficient (Wildman–Crippen LogP) is 4.81. The molecule has 2 fully saturated rings. The molecule has 1 aromatic rings. The lowest BCUT2D eigenvalue weighted by molar-refractivity contribution is 0.248. The van der Waals surface area contributed by atoms with Gasteiger partial charge >= 0.3 is 0 Å². The molecule has 0 spiro atoms. The molecule has 0 unspecified atom stereocenters. The number of allylic oxidation sites excluding steroid dienone is 2. The van der Waals surface area contributed by atoms with E-state index in [1.807, 2.05) is 0 Å². The number of piperazine rings is 1. The Morgan fingerprint density at radius 1 is 1.04 bits per heavy atom. The Balaban J connectivity index is 1.47. The van der Waals surface area contributed by atoms with Crippen molar-refractivity contribution in [3.05, 3.63) is 35.9 Å². The van der Waals surface area contributed by atoms with Crippen LogP contribution in [0.4, 0.5) is 5.69 Å². The second-order valence-corrected chi connectivity index (χ2v) is 8.85. The Morgan fingerprint density at radius 3 is 2.46 bits per heavy atom. The van der Waals surface area contributed by atoms with Crippen LogP contribution in [0.15, 0.2) is 30.3 Å². The molecule has 1 aromatic carbocycles. The van der Waals surface area contributed by atoms with Gasteiger partial charge in [-0.1, -0.05) is 38.1 Å². The van der Waals surface area contributed by atoms with E-state index in [0.29, 0.717) is 5.41 Å². The zero-order valence-corrected chi connectivity index (χ0v) is 15.4. The first kappa shape index (κ1) is 16.2. The highest BCUT2D eigenvalue weighted by Gasteiger charge is 2.28. The van der Waals surface area contributed by atoms with Gasteiger partial charge in [0.05, 0.1) is 0 Å². The van der Waals surface area contributed by atoms with Crippen molar-refractivity contribution < 1.29 is 0 Å². The second kappa shape index (κ2) is 6.55. The average molecular weight is 325 g/mol. The minimum atomic E-state index is 0.479. The fraction of sp³-hybridized carbons (Fsp3) is 0.636. The monoisotopic (exact) mass is 324 g/mol. The Hall–Kier alpha value is -1.28. The SMILES string of the molecule is CC1(C)CC=C(c2ccccc2N2CCN(CC3CC3)CC2)CC1. The first-order valence-electron chi connectivity index (χ1n) is 9.86. The normalized spacial score (nSPS) is 24.8. The van der Waals surface area contributed by atoms with Gasteiger partial charge in [-0.25, -0.2) is 0 Å². The van der Waals surface area contributed by atoms with Gasteiger partial charge in [0.25, 0.3) is 0 Å². The third-order valence-electron chi connectivity index (χ3n) is 6.15. The summed E-state index contributed by atoms with van der Waals surface area (Å²) < 4.78 is 0. The molecule has 130 valence electrons. The van der Waals surface area contributed by atoms with Gasteiger partial charge in [0, 0.05) is 44.0 Å². The molecule has 0 bridgehead atoms. The molecule has 0 radical (unpaired) electrons. The zero-order chi connectivity index (χ0) is 16.6. The third kappa shape index (κ3) is 3.69. The lowest BCUT2D eigenvalue weighted by Crippen LogP contribution is -2.47. The van der Waals surface area contributed by atoms with Crippen LogP contribution in [0.25, 0.3) is 5.57 Å². The second-order valence-electron chi connectivity index (χ2n) is 8.85. The first-order valence-corrected chi connectivity index (χ1v) is 9.86. The van der Waals surface area contributed by atoms with Crippen LogP contribution in [-0.4, -0.2) is 37.6 Å². The summed E-state index contributed by atoms with van der Waals surface area (Å²) in [6, 6.07) is 9.11. The molecule has 1 saturated heterocycles. The molecule has 0 N–H and O–H groups in total. The number of rotatable bonds is 4. The molecule has 0 atom stereocenters. The van der Waals surface area contributed by atoms with Gasteiger partial charge in [0.2, 0.25) is 0 Å². The van der Waals surface area contributed by atoms with E-state index in [0.717, 1.165) is 5.92 Å². The van der Waals surface area contributed by atoms with Gasteiger partial charge in [0.1, 0.15) is 0 Å². The van der Waals surface area contributed by atoms with Crippen LogP contribution in [0, 0.1) is 11.3 Å². The van der Waals surface area contributed by atoms with Crippen molar-refractivity contribution in [1.29, 1.82) is 0 Å². The molecular weight excluding hydrogens is 292 g/mol. The maximum absolute atomic E-state index is 2.68. The largest absolute Gasteiger partial charge is 0.368 e. The van der Waals surface area contributed by atoms with Crippen LogP contribution in [0.3, 0.4) is 0 Å². The maximum atomic E-state index is 2.68. The number of nitrogens with zero attached hydrogens (tertiary/aromatic N) is 2. The molecule has 0 amide bonds. The van der Waals surface area contributed by atoms with E-state index in [9.17, 15) is 0 Å². The number of hydrogen-bond acceptors (Lipinski definition) is 2. The first-order chi connectivity index (χ1) is 11.6. The van der Waals surface area contributed by atoms with E-state index < -0.39 is 0 Å². The number of hydrogen-bond donors (Lipinski definition) is 0. The molecule has 0 aromatic heterocycles. The summed E-state index contributed by atoms with van der Waals surface area (Å²) in [5.74, 6) is 1.01. The summed E-state index contributed by atoms with van der Waals surface area (Å²) in [7, 11) is 0. The highest BCUT2D eigenvalue weighted by Crippen LogP contribution is 2.40. The van der Waals surface area contributed by atoms with Crippen molar-refractivity contribution >= 4 is 11.3 Å². The van der Waals surface area contributed by atoms with Crippen molar-refractivity contribution in [2.24, 2.45) is 11.3 Å². The van der Waals surface area contributed by atoms with E-state index in [1.165, 1.54) is 76.1 Å². The van der Waals surface area contributed by atoms with E-state index in [1.54, 1.807) is 5.57 Å². The van der Waals surface area contributed by atoms with Gasteiger partial charge in [0.15, 0.2) is 0 Å². The minimum absolute atomic E-state index is 0.479. The summed E-state index contributed by atoms with van der Waals surface area (Å²) >= 11 is 0. The van der Waals surface area contributed by atoms with Crippen molar-refractivity contribution in [2.45, 2.75) is 46.0 Å². The summed E-state index contributed by atoms with van der Waals surface area (Å²) in [6.07, 6.45) is 9.19. The lowest BCUT2D eigenvalue weighted by Gasteiger charge is -2.38. The fourth-order valence-corrected chi connectivity index (χ4v) is 4.18. The van der Waals surface area contributed by atoms with Crippen LogP contribution >= 0.6 is 0 Å². The molecule has 3 aliphatic rings. The number of para-hydroxylation sites is 1. The summed E-state index contributed by atoms with van der Waals surface area (Å²) in [5, 5.41) is 0. The Bertz CT molecular complexity index is 604. The molecule has 24 heavy (non-hydrogen) atoms. The molecule has 2 aliphatic carbocycles. The van der Waals surface area contributed by atoms with Crippen molar-refractivity contribution in [3.8, 4) is 0 Å². The van der Waals surface area contributed by atoms with Crippen molar-refractivity contribution in [2.75, 3.05) is 37.6 Å². The summed E-state index contributed by atoms with van der Waals surface area (Å²) in [4.78, 5) is 5.30. The van der Waals surface area contributed by atoms with E-state index in [4.69, 9.17) is 0 Å². The smallest absolute Gasteiger partial charge is 0.0443 e. The Labute approximate surface area is 147 Å². The number of anilines is 1. The molecular formula is C22H32N2. The van der Waals surface area contributed by atoms with Crippen LogP contribution in [-0.2, 0) is 0 Å². The standard InChI is InChI=1S/C22H32N2/c1-22(2)11-9-19(10-12-22)20-5-3-4-6-21(20)24-15-13-23(14-16-24)17-18-7-8-18/h3-6,9,18H,7-8,10-17H2,1-2H3. The topological polar surface area (TPSA) is 6.48 Å². The molecule has 1 aliphatic heterocycles. The molecule has 2 heteroatoms. The molecule has 1 saturated carbocycles. The lowest BCUT2D eigenvalue weighted by atomic mass is 9.77. The van der Waals surface area contributed by atoms with Crippen molar-refractivity contribution in [3.63, 3.8) is 0 Å². The maximum Gasteiger partial charge on any atom is 0.0443 e. The van der Waals surface area contributed by atoms with Gasteiger partial charge in [-0.3, -0.25) is 4.90 Å². The van der Waals surface area contributed by atoms with Crippen molar-refractivity contribution in [1.82, 2.24) is 4.90 Å².